The van der Waals surface area contributed by atoms with E-state index in [1.165, 1.54) is 38.0 Å². The Labute approximate surface area is 182 Å². The van der Waals surface area contributed by atoms with Crippen LogP contribution in [0.1, 0.15) is 0 Å². The fraction of sp³-hybridized carbons (Fsp3) is 0.222. The Hall–Kier alpha value is -4.07. The number of hydrogen-bond acceptors (Lipinski definition) is 10. The van der Waals surface area contributed by atoms with Crippen molar-refractivity contribution in [3.8, 4) is 17.6 Å². The number of aromatic nitrogens is 3. The normalized spacial score (nSPS) is 11.0. The van der Waals surface area contributed by atoms with Crippen LogP contribution in [-0.2, 0) is 21.8 Å². The zero-order valence-corrected chi connectivity index (χ0v) is 18.2. The van der Waals surface area contributed by atoms with Crippen molar-refractivity contribution in [3.05, 3.63) is 30.3 Å². The number of ether oxygens (including phenoxy) is 4. The van der Waals surface area contributed by atoms with Crippen LogP contribution >= 0.6 is 0 Å². The average molecular weight is 465 g/mol. The first kappa shape index (κ1) is 22.6. The van der Waals surface area contributed by atoms with Crippen LogP contribution in [0.3, 0.4) is 0 Å². The van der Waals surface area contributed by atoms with Crippen molar-refractivity contribution in [1.82, 2.24) is 19.3 Å². The van der Waals surface area contributed by atoms with Crippen molar-refractivity contribution < 1.29 is 37.0 Å². The number of anilines is 1. The molecule has 2 amide bonds. The number of benzene rings is 1. The lowest BCUT2D eigenvalue weighted by molar-refractivity contribution is 0.117. The fourth-order valence-corrected chi connectivity index (χ4v) is 4.07. The van der Waals surface area contributed by atoms with Crippen molar-refractivity contribution in [3.63, 3.8) is 0 Å². The van der Waals surface area contributed by atoms with Gasteiger partial charge in [-0.2, -0.15) is 9.97 Å². The maximum Gasteiger partial charge on any atom is 0.514 e. The van der Waals surface area contributed by atoms with Gasteiger partial charge in [-0.25, -0.2) is 22.7 Å². The predicted octanol–water partition coefficient (Wildman–Crippen LogP) is 1.64. The molecule has 13 nitrogen and oxygen atoms in total. The number of carbonyl (C=O) groups is 2. The molecule has 170 valence electrons. The number of rotatable bonds is 6. The minimum atomic E-state index is -4.53. The molecular formula is C18H19N5O8S. The maximum absolute atomic E-state index is 13.1. The van der Waals surface area contributed by atoms with E-state index in [9.17, 15) is 18.0 Å². The molecule has 32 heavy (non-hydrogen) atoms. The van der Waals surface area contributed by atoms with E-state index in [0.29, 0.717) is 5.52 Å². The van der Waals surface area contributed by atoms with Crippen LogP contribution in [0.25, 0.3) is 10.9 Å². The molecule has 0 spiro atoms. The van der Waals surface area contributed by atoms with Crippen LogP contribution in [0.4, 0.5) is 15.5 Å². The molecule has 0 aliphatic carbocycles. The Morgan fingerprint density at radius 2 is 1.66 bits per heavy atom. The van der Waals surface area contributed by atoms with Gasteiger partial charge in [0.25, 0.3) is 10.0 Å². The number of hydrogen-bond donors (Lipinski definition) is 2. The van der Waals surface area contributed by atoms with Crippen molar-refractivity contribution in [1.29, 1.82) is 0 Å². The number of nitrogens with one attached hydrogen (secondary N) is 2. The highest BCUT2D eigenvalue weighted by atomic mass is 32.2. The van der Waals surface area contributed by atoms with Crippen molar-refractivity contribution >= 4 is 39.1 Å². The van der Waals surface area contributed by atoms with Crippen LogP contribution in [0.2, 0.25) is 0 Å². The number of urea groups is 1. The lowest BCUT2D eigenvalue weighted by atomic mass is 10.2. The fourth-order valence-electron chi connectivity index (χ4n) is 2.80. The highest BCUT2D eigenvalue weighted by molar-refractivity contribution is 7.90. The molecule has 1 aromatic carbocycles. The minimum Gasteiger partial charge on any atom is -0.481 e. The predicted molar refractivity (Wildman–Crippen MR) is 110 cm³/mol. The van der Waals surface area contributed by atoms with Gasteiger partial charge in [-0.3, -0.25) is 5.32 Å². The average Bonchev–Trinajstić information content (AvgIpc) is 3.05. The largest absolute Gasteiger partial charge is 0.514 e. The molecule has 0 saturated heterocycles. The second-order valence-corrected chi connectivity index (χ2v) is 7.72. The van der Waals surface area contributed by atoms with Gasteiger partial charge in [-0.05, 0) is 6.07 Å². The maximum atomic E-state index is 13.1. The summed E-state index contributed by atoms with van der Waals surface area (Å²) in [6, 6.07) is 6.59. The van der Waals surface area contributed by atoms with E-state index in [1.54, 1.807) is 18.2 Å². The third kappa shape index (κ3) is 4.49. The van der Waals surface area contributed by atoms with Crippen molar-refractivity contribution in [2.24, 2.45) is 7.05 Å². The number of aryl methyl sites for hydroxylation is 1. The highest BCUT2D eigenvalue weighted by Gasteiger charge is 2.31. The van der Waals surface area contributed by atoms with Crippen LogP contribution in [0.5, 0.6) is 17.6 Å². The summed E-state index contributed by atoms with van der Waals surface area (Å²) >= 11 is 0. The second kappa shape index (κ2) is 8.97. The van der Waals surface area contributed by atoms with Gasteiger partial charge in [0.15, 0.2) is 4.90 Å². The van der Waals surface area contributed by atoms with E-state index in [1.807, 2.05) is 4.72 Å². The van der Waals surface area contributed by atoms with Crippen LogP contribution in [0.15, 0.2) is 35.2 Å². The topological polar surface area (TPSA) is 160 Å². The summed E-state index contributed by atoms with van der Waals surface area (Å²) in [6.45, 7) is 0. The number of amides is 2. The number of carbonyl (C=O) groups excluding carboxylic acids is 2. The molecule has 3 rings (SSSR count). The van der Waals surface area contributed by atoms with E-state index in [0.717, 1.165) is 7.11 Å². The van der Waals surface area contributed by atoms with E-state index >= 15 is 0 Å². The van der Waals surface area contributed by atoms with Gasteiger partial charge in [-0.15, -0.1) is 0 Å². The van der Waals surface area contributed by atoms with E-state index in [-0.39, 0.29) is 29.0 Å². The smallest absolute Gasteiger partial charge is 0.481 e. The van der Waals surface area contributed by atoms with Crippen molar-refractivity contribution in [2.75, 3.05) is 26.6 Å². The zero-order valence-electron chi connectivity index (χ0n) is 17.4. The molecule has 0 radical (unpaired) electrons. The SMILES string of the molecule is COC(=O)Oc1c(S(=O)(=O)NC(=O)Nc2nc(OC)cc(OC)n2)c2ccccc2n1C. The van der Waals surface area contributed by atoms with Crippen LogP contribution in [0, 0.1) is 0 Å². The third-order valence-electron chi connectivity index (χ3n) is 4.17. The summed E-state index contributed by atoms with van der Waals surface area (Å²) in [7, 11) is 0.731. The monoisotopic (exact) mass is 465 g/mol. The van der Waals surface area contributed by atoms with Crippen LogP contribution in [-0.4, -0.2) is 56.5 Å². The number of sulfonamides is 1. The Balaban J connectivity index is 1.97. The lowest BCUT2D eigenvalue weighted by Crippen LogP contribution is -2.35. The molecule has 0 aliphatic rings. The van der Waals surface area contributed by atoms with Gasteiger partial charge in [0.1, 0.15) is 0 Å². The molecule has 0 bridgehead atoms. The minimum absolute atomic E-state index is 0.0813. The standard InChI is InChI=1S/C18H19N5O8S/c1-23-11-8-6-5-7-10(11)14(15(23)31-18(25)30-4)32(26,27)22-17(24)21-16-19-12(28-2)9-13(20-16)29-3/h5-9H,1-4H3,(H2,19,20,21,22,24). The third-order valence-corrected chi connectivity index (χ3v) is 5.56. The zero-order chi connectivity index (χ0) is 23.5. The summed E-state index contributed by atoms with van der Waals surface area (Å²) < 4.78 is 48.8. The molecule has 2 N–H and O–H groups in total. The second-order valence-electron chi connectivity index (χ2n) is 6.10. The highest BCUT2D eigenvalue weighted by Crippen LogP contribution is 2.35. The quantitative estimate of drug-likeness (QED) is 0.512. The molecule has 0 fully saturated rings. The Kier molecular flexibility index (Phi) is 6.34. The summed E-state index contributed by atoms with van der Waals surface area (Å²) in [6.07, 6.45) is -1.13. The van der Waals surface area contributed by atoms with E-state index in [4.69, 9.17) is 14.2 Å². The number of para-hydroxylation sites is 1. The van der Waals surface area contributed by atoms with Gasteiger partial charge >= 0.3 is 12.2 Å². The number of methoxy groups -OCH3 is 3. The van der Waals surface area contributed by atoms with Crippen LogP contribution < -0.4 is 24.2 Å². The molecule has 3 aromatic rings. The van der Waals surface area contributed by atoms with Gasteiger partial charge in [0.2, 0.25) is 23.6 Å². The first-order valence-corrected chi connectivity index (χ1v) is 10.3. The molecule has 0 aliphatic heterocycles. The van der Waals surface area contributed by atoms with Gasteiger partial charge in [0.05, 0.1) is 32.9 Å². The number of fused-ring (bicyclic) bond motifs is 1. The Morgan fingerprint density at radius 3 is 2.25 bits per heavy atom. The molecule has 2 heterocycles. The molecule has 0 saturated carbocycles. The van der Waals surface area contributed by atoms with Gasteiger partial charge < -0.3 is 23.5 Å². The van der Waals surface area contributed by atoms with Crippen molar-refractivity contribution in [2.45, 2.75) is 4.90 Å². The van der Waals surface area contributed by atoms with Gasteiger partial charge in [0, 0.05) is 12.4 Å². The van der Waals surface area contributed by atoms with E-state index < -0.39 is 27.1 Å². The summed E-state index contributed by atoms with van der Waals surface area (Å²) in [5, 5.41) is 2.41. The molecule has 0 atom stereocenters. The van der Waals surface area contributed by atoms with Gasteiger partial charge in [-0.1, -0.05) is 18.2 Å². The summed E-state index contributed by atoms with van der Waals surface area (Å²) in [5.74, 6) is -0.439. The Morgan fingerprint density at radius 1 is 1.03 bits per heavy atom. The first-order valence-electron chi connectivity index (χ1n) is 8.84. The lowest BCUT2D eigenvalue weighted by Gasteiger charge is -2.11. The van der Waals surface area contributed by atoms with E-state index in [2.05, 4.69) is 20.0 Å². The molecular weight excluding hydrogens is 446 g/mol. The summed E-state index contributed by atoms with van der Waals surface area (Å²) in [4.78, 5) is 31.5. The first-order chi connectivity index (χ1) is 15.2. The molecule has 14 heteroatoms. The molecule has 2 aromatic heterocycles. The Bertz CT molecular complexity index is 1270. The summed E-state index contributed by atoms with van der Waals surface area (Å²) in [5.41, 5.74) is 0.438. The molecule has 0 unspecified atom stereocenters. The number of nitrogens with zero attached hydrogens (tertiary/aromatic N) is 3.